The van der Waals surface area contributed by atoms with Gasteiger partial charge in [0.25, 0.3) is 11.5 Å². The second-order valence-corrected chi connectivity index (χ2v) is 5.24. The van der Waals surface area contributed by atoms with E-state index in [2.05, 4.69) is 10.3 Å². The molecule has 5 nitrogen and oxygen atoms in total. The predicted molar refractivity (Wildman–Crippen MR) is 83.1 cm³/mol. The van der Waals surface area contributed by atoms with Crippen LogP contribution in [0.2, 0.25) is 0 Å². The molecular formula is C16H16F3N3O2. The van der Waals surface area contributed by atoms with E-state index in [0.29, 0.717) is 22.5 Å². The minimum Gasteiger partial charge on any atom is -0.306 e. The first-order valence-electron chi connectivity index (χ1n) is 7.25. The van der Waals surface area contributed by atoms with Gasteiger partial charge in [0.2, 0.25) is 0 Å². The number of carbonyl (C=O) groups excluding carboxylic acids is 1. The molecule has 0 bridgehead atoms. The van der Waals surface area contributed by atoms with Gasteiger partial charge >= 0.3 is 6.18 Å². The highest BCUT2D eigenvalue weighted by Gasteiger charge is 2.29. The van der Waals surface area contributed by atoms with Crippen molar-refractivity contribution in [2.75, 3.05) is 5.32 Å². The third-order valence-corrected chi connectivity index (χ3v) is 3.35. The first-order chi connectivity index (χ1) is 11.2. The van der Waals surface area contributed by atoms with Crippen LogP contribution in [0.15, 0.2) is 35.3 Å². The van der Waals surface area contributed by atoms with Crippen molar-refractivity contribution in [1.82, 2.24) is 9.55 Å². The summed E-state index contributed by atoms with van der Waals surface area (Å²) in [7, 11) is 0. The average molecular weight is 339 g/mol. The van der Waals surface area contributed by atoms with Gasteiger partial charge in [0.1, 0.15) is 17.9 Å². The molecule has 0 aliphatic heterocycles. The number of aryl methyl sites for hydroxylation is 2. The van der Waals surface area contributed by atoms with Crippen LogP contribution in [-0.4, -0.2) is 21.6 Å². The Morgan fingerprint density at radius 2 is 2.00 bits per heavy atom. The average Bonchev–Trinajstić information content (AvgIpc) is 2.48. The maximum absolute atomic E-state index is 12.5. The summed E-state index contributed by atoms with van der Waals surface area (Å²) in [6.07, 6.45) is -2.95. The Labute approximate surface area is 136 Å². The fraction of sp³-hybridized carbons (Fsp3) is 0.312. The number of rotatable bonds is 4. The van der Waals surface area contributed by atoms with E-state index in [1.807, 2.05) is 6.92 Å². The van der Waals surface area contributed by atoms with Crippen molar-refractivity contribution in [2.45, 2.75) is 33.0 Å². The van der Waals surface area contributed by atoms with E-state index in [4.69, 9.17) is 0 Å². The van der Waals surface area contributed by atoms with Crippen molar-refractivity contribution in [2.24, 2.45) is 0 Å². The Balaban J connectivity index is 2.33. The zero-order valence-corrected chi connectivity index (χ0v) is 13.1. The summed E-state index contributed by atoms with van der Waals surface area (Å²) in [6.45, 7) is 2.17. The van der Waals surface area contributed by atoms with Gasteiger partial charge in [-0.15, -0.1) is 0 Å². The molecule has 0 aromatic carbocycles. The largest absolute Gasteiger partial charge is 0.406 e. The maximum atomic E-state index is 12.5. The van der Waals surface area contributed by atoms with Gasteiger partial charge in [0, 0.05) is 11.9 Å². The van der Waals surface area contributed by atoms with E-state index in [-0.39, 0.29) is 5.56 Å². The highest BCUT2D eigenvalue weighted by atomic mass is 19.4. The van der Waals surface area contributed by atoms with E-state index in [9.17, 15) is 22.8 Å². The number of halogens is 3. The molecule has 0 atom stereocenters. The number of nitrogens with zero attached hydrogens (tertiary/aromatic N) is 2. The van der Waals surface area contributed by atoms with Crippen LogP contribution in [0.25, 0.3) is 0 Å². The number of amides is 1. The van der Waals surface area contributed by atoms with Gasteiger partial charge < -0.3 is 9.88 Å². The van der Waals surface area contributed by atoms with Crippen LogP contribution in [0.4, 0.5) is 19.0 Å². The number of alkyl halides is 3. The second-order valence-electron chi connectivity index (χ2n) is 5.24. The molecule has 8 heteroatoms. The zero-order valence-electron chi connectivity index (χ0n) is 13.1. The second kappa shape index (κ2) is 6.86. The summed E-state index contributed by atoms with van der Waals surface area (Å²) in [4.78, 5) is 28.6. The zero-order chi connectivity index (χ0) is 17.9. The summed E-state index contributed by atoms with van der Waals surface area (Å²) in [5.41, 5.74) is 0.0654. The fourth-order valence-electron chi connectivity index (χ4n) is 2.18. The van der Waals surface area contributed by atoms with E-state index in [0.717, 1.165) is 11.8 Å². The molecule has 2 rings (SSSR count). The van der Waals surface area contributed by atoms with Gasteiger partial charge in [-0.25, -0.2) is 4.98 Å². The first-order valence-corrected chi connectivity index (χ1v) is 7.25. The number of carbonyl (C=O) groups is 1. The number of pyridine rings is 2. The van der Waals surface area contributed by atoms with Crippen LogP contribution in [0.3, 0.4) is 0 Å². The lowest BCUT2D eigenvalue weighted by Crippen LogP contribution is -2.32. The van der Waals surface area contributed by atoms with Crippen molar-refractivity contribution in [3.8, 4) is 0 Å². The van der Waals surface area contributed by atoms with E-state index >= 15 is 0 Å². The summed E-state index contributed by atoms with van der Waals surface area (Å²) < 4.78 is 37.9. The van der Waals surface area contributed by atoms with Gasteiger partial charge in [-0.1, -0.05) is 13.0 Å². The van der Waals surface area contributed by atoms with Gasteiger partial charge in [-0.3, -0.25) is 9.59 Å². The Kier molecular flexibility index (Phi) is 5.06. The molecule has 0 unspecified atom stereocenters. The third-order valence-electron chi connectivity index (χ3n) is 3.35. The molecule has 1 N–H and O–H groups in total. The third kappa shape index (κ3) is 4.21. The minimum absolute atomic E-state index is 0.299. The number of hydrogen-bond donors (Lipinski definition) is 1. The summed E-state index contributed by atoms with van der Waals surface area (Å²) >= 11 is 0. The maximum Gasteiger partial charge on any atom is 0.406 e. The fourth-order valence-corrected chi connectivity index (χ4v) is 2.18. The normalized spacial score (nSPS) is 11.4. The van der Waals surface area contributed by atoms with E-state index in [1.165, 1.54) is 12.1 Å². The SMILES string of the molecule is CCc1ccc(C)nc1NC(=O)c1cccn(CC(F)(F)F)c1=O. The summed E-state index contributed by atoms with van der Waals surface area (Å²) in [5.74, 6) is -0.488. The van der Waals surface area contributed by atoms with E-state index in [1.54, 1.807) is 19.1 Å². The molecule has 0 saturated carbocycles. The Morgan fingerprint density at radius 1 is 1.29 bits per heavy atom. The van der Waals surface area contributed by atoms with Gasteiger partial charge in [-0.2, -0.15) is 13.2 Å². The first kappa shape index (κ1) is 17.7. The highest BCUT2D eigenvalue weighted by molar-refractivity contribution is 6.03. The molecule has 24 heavy (non-hydrogen) atoms. The van der Waals surface area contributed by atoms with Crippen LogP contribution in [0.5, 0.6) is 0 Å². The number of nitrogens with one attached hydrogen (secondary N) is 1. The molecule has 2 aromatic heterocycles. The molecule has 0 fully saturated rings. The van der Waals surface area contributed by atoms with Crippen LogP contribution in [0.1, 0.15) is 28.5 Å². The molecule has 0 aliphatic rings. The van der Waals surface area contributed by atoms with Crippen LogP contribution in [-0.2, 0) is 13.0 Å². The summed E-state index contributed by atoms with van der Waals surface area (Å²) in [6, 6.07) is 6.00. The quantitative estimate of drug-likeness (QED) is 0.931. The highest BCUT2D eigenvalue weighted by Crippen LogP contribution is 2.17. The Bertz CT molecular complexity index is 813. The standard InChI is InChI=1S/C16H16F3N3O2/c1-3-11-7-6-10(2)20-13(11)21-14(23)12-5-4-8-22(15(12)24)9-16(17,18)19/h4-8H,3,9H2,1-2H3,(H,20,21,23). The van der Waals surface area contributed by atoms with Crippen LogP contribution in [0, 0.1) is 6.92 Å². The van der Waals surface area contributed by atoms with Gasteiger partial charge in [0.05, 0.1) is 0 Å². The number of hydrogen-bond acceptors (Lipinski definition) is 3. The molecule has 0 aliphatic carbocycles. The lowest BCUT2D eigenvalue weighted by Gasteiger charge is -2.12. The topological polar surface area (TPSA) is 64.0 Å². The van der Waals surface area contributed by atoms with Crippen molar-refractivity contribution >= 4 is 11.7 Å². The Morgan fingerprint density at radius 3 is 2.62 bits per heavy atom. The molecule has 1 amide bonds. The Hall–Kier alpha value is -2.64. The molecule has 0 radical (unpaired) electrons. The lowest BCUT2D eigenvalue weighted by atomic mass is 10.2. The van der Waals surface area contributed by atoms with Gasteiger partial charge in [-0.05, 0) is 37.1 Å². The van der Waals surface area contributed by atoms with Crippen molar-refractivity contribution in [3.05, 3.63) is 57.6 Å². The molecule has 2 heterocycles. The van der Waals surface area contributed by atoms with E-state index < -0.39 is 24.2 Å². The van der Waals surface area contributed by atoms with Crippen molar-refractivity contribution < 1.29 is 18.0 Å². The number of aromatic nitrogens is 2. The van der Waals surface area contributed by atoms with Crippen molar-refractivity contribution in [1.29, 1.82) is 0 Å². The molecule has 2 aromatic rings. The molecular weight excluding hydrogens is 323 g/mol. The monoisotopic (exact) mass is 339 g/mol. The lowest BCUT2D eigenvalue weighted by molar-refractivity contribution is -0.141. The smallest absolute Gasteiger partial charge is 0.306 e. The summed E-state index contributed by atoms with van der Waals surface area (Å²) in [5, 5.41) is 2.50. The predicted octanol–water partition coefficient (Wildman–Crippen LogP) is 2.93. The van der Waals surface area contributed by atoms with Crippen LogP contribution < -0.4 is 10.9 Å². The molecule has 128 valence electrons. The molecule has 0 saturated heterocycles. The minimum atomic E-state index is -4.55. The van der Waals surface area contributed by atoms with Gasteiger partial charge in [0.15, 0.2) is 0 Å². The number of anilines is 1. The molecule has 0 spiro atoms. The van der Waals surface area contributed by atoms with Crippen LogP contribution >= 0.6 is 0 Å². The van der Waals surface area contributed by atoms with Crippen molar-refractivity contribution in [3.63, 3.8) is 0 Å².